The molecule has 4 heteroatoms. The number of phenolic OH excluding ortho intramolecular Hbond substituents is 1. The van der Waals surface area contributed by atoms with Crippen molar-refractivity contribution in [2.24, 2.45) is 0 Å². The van der Waals surface area contributed by atoms with Gasteiger partial charge in [-0.25, -0.2) is 4.39 Å². The van der Waals surface area contributed by atoms with E-state index in [1.807, 2.05) is 0 Å². The topological polar surface area (TPSA) is 49.3 Å². The first-order valence-electron chi connectivity index (χ1n) is 6.47. The number of nitrogens with one attached hydrogen (secondary N) is 1. The van der Waals surface area contributed by atoms with Crippen LogP contribution in [0, 0.1) is 5.82 Å². The normalized spacial score (nSPS) is 15.7. The Labute approximate surface area is 116 Å². The molecule has 3 nitrogen and oxygen atoms in total. The quantitative estimate of drug-likeness (QED) is 0.901. The van der Waals surface area contributed by atoms with E-state index in [2.05, 4.69) is 5.32 Å². The van der Waals surface area contributed by atoms with Gasteiger partial charge in [-0.1, -0.05) is 18.2 Å². The van der Waals surface area contributed by atoms with Crippen LogP contribution in [0.4, 0.5) is 4.39 Å². The molecule has 102 valence electrons. The third kappa shape index (κ3) is 2.25. The zero-order valence-corrected chi connectivity index (χ0v) is 10.8. The summed E-state index contributed by atoms with van der Waals surface area (Å²) in [6.07, 6.45) is 1.47. The van der Waals surface area contributed by atoms with E-state index < -0.39 is 5.54 Å². The highest BCUT2D eigenvalue weighted by atomic mass is 19.1. The summed E-state index contributed by atoms with van der Waals surface area (Å²) in [7, 11) is 0. The molecular weight excluding hydrogens is 257 g/mol. The minimum absolute atomic E-state index is 0.108. The molecule has 0 radical (unpaired) electrons. The molecule has 2 N–H and O–H groups in total. The van der Waals surface area contributed by atoms with Gasteiger partial charge in [0.1, 0.15) is 11.6 Å². The van der Waals surface area contributed by atoms with Crippen molar-refractivity contribution in [3.8, 4) is 5.75 Å². The molecule has 0 spiro atoms. The van der Waals surface area contributed by atoms with Gasteiger partial charge in [-0.2, -0.15) is 0 Å². The molecule has 0 heterocycles. The van der Waals surface area contributed by atoms with Crippen molar-refractivity contribution >= 4 is 5.91 Å². The number of carbonyl (C=O) groups is 1. The molecule has 0 aliphatic heterocycles. The minimum atomic E-state index is -0.583. The van der Waals surface area contributed by atoms with E-state index in [4.69, 9.17) is 0 Å². The van der Waals surface area contributed by atoms with E-state index in [0.717, 1.165) is 12.8 Å². The molecule has 1 aliphatic rings. The summed E-state index contributed by atoms with van der Waals surface area (Å²) in [6.45, 7) is 0. The molecule has 0 atom stereocenters. The average molecular weight is 271 g/mol. The van der Waals surface area contributed by atoms with Crippen LogP contribution in [-0.4, -0.2) is 11.0 Å². The van der Waals surface area contributed by atoms with Crippen molar-refractivity contribution in [1.29, 1.82) is 0 Å². The molecule has 1 saturated carbocycles. The summed E-state index contributed by atoms with van der Waals surface area (Å²) >= 11 is 0. The Morgan fingerprint density at radius 2 is 1.75 bits per heavy atom. The Morgan fingerprint density at radius 1 is 1.10 bits per heavy atom. The van der Waals surface area contributed by atoms with Crippen LogP contribution >= 0.6 is 0 Å². The summed E-state index contributed by atoms with van der Waals surface area (Å²) < 4.78 is 13.8. The molecule has 2 aromatic carbocycles. The third-order valence-electron chi connectivity index (χ3n) is 3.62. The number of aromatic hydroxyl groups is 1. The fourth-order valence-corrected chi connectivity index (χ4v) is 2.34. The molecule has 1 amide bonds. The van der Waals surface area contributed by atoms with Crippen LogP contribution in [0.2, 0.25) is 0 Å². The molecule has 1 fully saturated rings. The highest BCUT2D eigenvalue weighted by molar-refractivity contribution is 5.95. The maximum Gasteiger partial charge on any atom is 0.251 e. The van der Waals surface area contributed by atoms with Crippen LogP contribution < -0.4 is 5.32 Å². The van der Waals surface area contributed by atoms with Crippen LogP contribution in [0.3, 0.4) is 0 Å². The zero-order valence-electron chi connectivity index (χ0n) is 10.8. The molecule has 0 aromatic heterocycles. The van der Waals surface area contributed by atoms with Crippen molar-refractivity contribution in [1.82, 2.24) is 5.32 Å². The second-order valence-electron chi connectivity index (χ2n) is 5.06. The Balaban J connectivity index is 1.82. The van der Waals surface area contributed by atoms with Gasteiger partial charge in [0.15, 0.2) is 0 Å². The number of halogens is 1. The van der Waals surface area contributed by atoms with Gasteiger partial charge in [-0.15, -0.1) is 0 Å². The molecule has 0 bridgehead atoms. The van der Waals surface area contributed by atoms with E-state index in [0.29, 0.717) is 11.1 Å². The van der Waals surface area contributed by atoms with Crippen LogP contribution in [-0.2, 0) is 5.54 Å². The highest BCUT2D eigenvalue weighted by Crippen LogP contribution is 2.46. The van der Waals surface area contributed by atoms with Crippen LogP contribution in [0.25, 0.3) is 0 Å². The lowest BCUT2D eigenvalue weighted by Gasteiger charge is -2.18. The monoisotopic (exact) mass is 271 g/mol. The van der Waals surface area contributed by atoms with E-state index >= 15 is 0 Å². The van der Waals surface area contributed by atoms with Crippen molar-refractivity contribution in [3.63, 3.8) is 0 Å². The standard InChI is InChI=1S/C16H14FNO2/c17-14-4-2-1-3-13(14)16(9-10-16)18-15(20)11-5-7-12(19)8-6-11/h1-8,19H,9-10H2,(H,18,20). The second-order valence-corrected chi connectivity index (χ2v) is 5.06. The van der Waals surface area contributed by atoms with E-state index in [9.17, 15) is 14.3 Å². The number of hydrogen-bond acceptors (Lipinski definition) is 2. The average Bonchev–Trinajstić information content (AvgIpc) is 3.20. The van der Waals surface area contributed by atoms with Crippen molar-refractivity contribution in [3.05, 3.63) is 65.5 Å². The lowest BCUT2D eigenvalue weighted by Crippen LogP contribution is -2.35. The van der Waals surface area contributed by atoms with E-state index in [1.165, 1.54) is 18.2 Å². The maximum absolute atomic E-state index is 13.8. The fourth-order valence-electron chi connectivity index (χ4n) is 2.34. The van der Waals surface area contributed by atoms with Gasteiger partial charge in [0.05, 0.1) is 5.54 Å². The first-order valence-corrected chi connectivity index (χ1v) is 6.47. The minimum Gasteiger partial charge on any atom is -0.508 e. The molecule has 0 unspecified atom stereocenters. The van der Waals surface area contributed by atoms with Crippen molar-refractivity contribution in [2.75, 3.05) is 0 Å². The second kappa shape index (κ2) is 4.63. The van der Waals surface area contributed by atoms with Crippen molar-refractivity contribution < 1.29 is 14.3 Å². The number of hydrogen-bond donors (Lipinski definition) is 2. The van der Waals surface area contributed by atoms with Crippen molar-refractivity contribution in [2.45, 2.75) is 18.4 Å². The van der Waals surface area contributed by atoms with Crippen LogP contribution in [0.15, 0.2) is 48.5 Å². The predicted molar refractivity (Wildman–Crippen MR) is 72.9 cm³/mol. The smallest absolute Gasteiger partial charge is 0.251 e. The summed E-state index contributed by atoms with van der Waals surface area (Å²) in [5.41, 5.74) is 0.401. The number of rotatable bonds is 3. The number of amides is 1. The van der Waals surface area contributed by atoms with Gasteiger partial charge < -0.3 is 10.4 Å². The maximum atomic E-state index is 13.8. The molecule has 3 rings (SSSR count). The van der Waals surface area contributed by atoms with Gasteiger partial charge >= 0.3 is 0 Å². The predicted octanol–water partition coefficient (Wildman–Crippen LogP) is 2.95. The molecular formula is C16H14FNO2. The Hall–Kier alpha value is -2.36. The molecule has 2 aromatic rings. The number of carbonyl (C=O) groups excluding carboxylic acids is 1. The van der Waals surface area contributed by atoms with Gasteiger partial charge in [0.25, 0.3) is 5.91 Å². The Kier molecular flexibility index (Phi) is 2.93. The Morgan fingerprint density at radius 3 is 2.35 bits per heavy atom. The van der Waals surface area contributed by atoms with Gasteiger partial charge in [-0.05, 0) is 43.2 Å². The summed E-state index contributed by atoms with van der Waals surface area (Å²) in [4.78, 5) is 12.2. The van der Waals surface area contributed by atoms with Gasteiger partial charge in [0, 0.05) is 11.1 Å². The zero-order chi connectivity index (χ0) is 14.2. The largest absolute Gasteiger partial charge is 0.508 e. The fraction of sp³-hybridized carbons (Fsp3) is 0.188. The molecule has 0 saturated heterocycles. The lowest BCUT2D eigenvalue weighted by molar-refractivity contribution is 0.0930. The summed E-state index contributed by atoms with van der Waals surface area (Å²) in [5, 5.41) is 12.1. The SMILES string of the molecule is O=C(NC1(c2ccccc2F)CC1)c1ccc(O)cc1. The highest BCUT2D eigenvalue weighted by Gasteiger charge is 2.47. The summed E-state index contributed by atoms with van der Waals surface area (Å²) in [5.74, 6) is -0.446. The lowest BCUT2D eigenvalue weighted by atomic mass is 10.0. The molecule has 1 aliphatic carbocycles. The molecule has 20 heavy (non-hydrogen) atoms. The number of phenols is 1. The summed E-state index contributed by atoms with van der Waals surface area (Å²) in [6, 6.07) is 12.5. The van der Waals surface area contributed by atoms with Gasteiger partial charge in [-0.3, -0.25) is 4.79 Å². The Bertz CT molecular complexity index is 648. The van der Waals surface area contributed by atoms with Crippen LogP contribution in [0.1, 0.15) is 28.8 Å². The van der Waals surface area contributed by atoms with E-state index in [-0.39, 0.29) is 17.5 Å². The van der Waals surface area contributed by atoms with Crippen LogP contribution in [0.5, 0.6) is 5.75 Å². The first kappa shape index (κ1) is 12.7. The first-order chi connectivity index (χ1) is 9.61. The van der Waals surface area contributed by atoms with Gasteiger partial charge in [0.2, 0.25) is 0 Å². The van der Waals surface area contributed by atoms with E-state index in [1.54, 1.807) is 30.3 Å². The third-order valence-corrected chi connectivity index (χ3v) is 3.62. The number of benzene rings is 2.